The summed E-state index contributed by atoms with van der Waals surface area (Å²) in [5, 5.41) is 9.81. The summed E-state index contributed by atoms with van der Waals surface area (Å²) in [5.74, 6) is 7.92. The molecule has 8 nitrogen and oxygen atoms in total. The molecule has 0 aliphatic rings. The molecule has 124 valence electrons. The van der Waals surface area contributed by atoms with Crippen LogP contribution in [0.15, 0.2) is 0 Å². The van der Waals surface area contributed by atoms with Crippen molar-refractivity contribution in [3.05, 3.63) is 0 Å². The van der Waals surface area contributed by atoms with Crippen LogP contribution < -0.4 is 28.3 Å². The zero-order valence-electron chi connectivity index (χ0n) is 13.0. The second kappa shape index (κ2) is 90.9. The summed E-state index contributed by atoms with van der Waals surface area (Å²) < 4.78 is 0. The number of carboxylic acid groups (broad SMARTS) is 1. The van der Waals surface area contributed by atoms with E-state index in [2.05, 4.69) is 22.7 Å². The van der Waals surface area contributed by atoms with Crippen molar-refractivity contribution in [2.45, 2.75) is 49.0 Å². The Morgan fingerprint density at radius 2 is 1.00 bits per heavy atom. The second-order valence-corrected chi connectivity index (χ2v) is 1.49. The second-order valence-electron chi connectivity index (χ2n) is 1.49. The molecule has 9 N–H and O–H groups in total. The molecule has 0 aliphatic carbocycles. The normalized spacial score (nSPS) is 5.00. The molecule has 0 saturated carbocycles. The van der Waals surface area contributed by atoms with Crippen molar-refractivity contribution in [2.75, 3.05) is 14.1 Å². The van der Waals surface area contributed by atoms with Crippen molar-refractivity contribution in [1.29, 1.82) is 0 Å². The minimum absolute atomic E-state index is 0. The zero-order valence-corrected chi connectivity index (χ0v) is 13.0. The minimum Gasteiger partial charge on any atom is -0.481 e. The van der Waals surface area contributed by atoms with E-state index in [-0.39, 0.29) is 13.3 Å². The first kappa shape index (κ1) is 43.1. The lowest BCUT2D eigenvalue weighted by Gasteiger charge is -1.80. The topological polar surface area (TPSA) is 156 Å². The van der Waals surface area contributed by atoms with Gasteiger partial charge >= 0.3 is 0 Å². The fourth-order valence-electron chi connectivity index (χ4n) is 0. The molecule has 8 heteroatoms. The van der Waals surface area contributed by atoms with Gasteiger partial charge in [0, 0.05) is 20.9 Å². The number of hydrazine groups is 2. The molecule has 1 amide bonds. The van der Waals surface area contributed by atoms with Crippen molar-refractivity contribution in [1.82, 2.24) is 10.9 Å². The van der Waals surface area contributed by atoms with E-state index in [1.165, 1.54) is 14.0 Å². The van der Waals surface area contributed by atoms with E-state index in [1.54, 1.807) is 12.6 Å². The summed E-state index contributed by atoms with van der Waals surface area (Å²) in [6.07, 6.45) is 0. The van der Waals surface area contributed by atoms with Gasteiger partial charge in [-0.25, -0.2) is 0 Å². The molecule has 0 atom stereocenters. The fourth-order valence-corrected chi connectivity index (χ4v) is 0. The van der Waals surface area contributed by atoms with Crippen LogP contribution in [-0.2, 0) is 9.59 Å². The van der Waals surface area contributed by atoms with Gasteiger partial charge in [0.25, 0.3) is 5.97 Å². The van der Waals surface area contributed by atoms with Gasteiger partial charge in [0.15, 0.2) is 0 Å². The van der Waals surface area contributed by atoms with Crippen LogP contribution in [0.2, 0.25) is 0 Å². The highest BCUT2D eigenvalue weighted by Crippen LogP contribution is 1.45. The molecule has 0 rings (SSSR count). The van der Waals surface area contributed by atoms with Gasteiger partial charge in [-0.05, 0) is 7.05 Å². The number of carboxylic acids is 1. The highest BCUT2D eigenvalue weighted by atomic mass is 16.4. The fraction of sp³-hybridized carbons (Fsp3) is 0.818. The van der Waals surface area contributed by atoms with Gasteiger partial charge in [-0.1, -0.05) is 35.1 Å². The van der Waals surface area contributed by atoms with Gasteiger partial charge in [0.1, 0.15) is 0 Å². The monoisotopic (exact) mass is 287 g/mol. The van der Waals surface area contributed by atoms with E-state index < -0.39 is 5.97 Å². The Bertz CT molecular complexity index is 121. The summed E-state index contributed by atoms with van der Waals surface area (Å²) in [7, 11) is 3.10. The van der Waals surface area contributed by atoms with Crippen LogP contribution in [0.1, 0.15) is 49.0 Å². The van der Waals surface area contributed by atoms with E-state index in [0.717, 1.165) is 6.92 Å². The minimum atomic E-state index is -0.833. The number of aliphatic carboxylic acids is 1. The Balaban J connectivity index is -0.0000000189. The molecule has 0 aromatic heterocycles. The van der Waals surface area contributed by atoms with Crippen molar-refractivity contribution in [3.8, 4) is 0 Å². The van der Waals surface area contributed by atoms with E-state index in [0.29, 0.717) is 0 Å². The van der Waals surface area contributed by atoms with Gasteiger partial charge in [0.2, 0.25) is 5.91 Å². The Kier molecular flexibility index (Phi) is 206. The number of nitrogens with two attached hydrogens (primary N) is 3. The SMILES string of the molecule is C.CC.CC.CC(=O)O.CN.CNC(C)=O.NNN. The molecule has 0 unspecified atom stereocenters. The molecular formula is C11H37N5O3. The molecule has 0 aromatic rings. The average Bonchev–Trinajstić information content (AvgIpc) is 2.37. The number of rotatable bonds is 0. The first-order chi connectivity index (χ1) is 8.42. The number of carbonyl (C=O) groups excluding carboxylic acids is 1. The molecular weight excluding hydrogens is 250 g/mol. The highest BCUT2D eigenvalue weighted by Gasteiger charge is 1.72. The van der Waals surface area contributed by atoms with Crippen LogP contribution in [0.3, 0.4) is 0 Å². The molecule has 0 bridgehead atoms. The van der Waals surface area contributed by atoms with Crippen LogP contribution in [0.5, 0.6) is 0 Å². The van der Waals surface area contributed by atoms with Crippen molar-refractivity contribution in [3.63, 3.8) is 0 Å². The van der Waals surface area contributed by atoms with E-state index in [9.17, 15) is 4.79 Å². The third kappa shape index (κ3) is 6020. The smallest absolute Gasteiger partial charge is 0.300 e. The molecule has 0 heterocycles. The van der Waals surface area contributed by atoms with Gasteiger partial charge in [-0.15, -0.1) is 0 Å². The molecule has 0 aliphatic heterocycles. The van der Waals surface area contributed by atoms with Gasteiger partial charge in [0.05, 0.1) is 0 Å². The molecule has 0 aromatic carbocycles. The standard InChI is InChI=1S/C3H7NO.C2H4O2.2C2H6.CH5N.CH4.H5N3/c1-3(5)4-2;1-2(3)4;3*1-2;;1-3-2/h1-2H3,(H,4,5);1H3,(H,3,4);2*1-2H3;2H2,1H3;1H4;3H,1-2H2. The Hall–Kier alpha value is -1.22. The number of nitrogens with one attached hydrogen (secondary N) is 2. The largest absolute Gasteiger partial charge is 0.481 e. The van der Waals surface area contributed by atoms with Gasteiger partial charge < -0.3 is 16.2 Å². The summed E-state index contributed by atoms with van der Waals surface area (Å²) in [5.41, 5.74) is 6.25. The zero-order chi connectivity index (χ0) is 16.6. The van der Waals surface area contributed by atoms with Crippen molar-refractivity contribution < 1.29 is 14.7 Å². The maximum Gasteiger partial charge on any atom is 0.300 e. The quantitative estimate of drug-likeness (QED) is 0.278. The molecule has 0 saturated heterocycles. The lowest BCUT2D eigenvalue weighted by Crippen LogP contribution is -2.29. The lowest BCUT2D eigenvalue weighted by atomic mass is 10.7. The first-order valence-electron chi connectivity index (χ1n) is 5.54. The van der Waals surface area contributed by atoms with Crippen LogP contribution in [0.4, 0.5) is 0 Å². The van der Waals surface area contributed by atoms with E-state index in [1.807, 2.05) is 27.7 Å². The van der Waals surface area contributed by atoms with E-state index >= 15 is 0 Å². The Morgan fingerprint density at radius 3 is 1.00 bits per heavy atom. The van der Waals surface area contributed by atoms with E-state index in [4.69, 9.17) is 9.90 Å². The van der Waals surface area contributed by atoms with Crippen LogP contribution in [0, 0.1) is 0 Å². The summed E-state index contributed by atoms with van der Waals surface area (Å²) >= 11 is 0. The maximum atomic E-state index is 9.70. The van der Waals surface area contributed by atoms with Crippen molar-refractivity contribution in [2.24, 2.45) is 17.4 Å². The van der Waals surface area contributed by atoms with Crippen LogP contribution in [0.25, 0.3) is 0 Å². The Morgan fingerprint density at radius 1 is 0.947 bits per heavy atom. The number of hydrogen-bond acceptors (Lipinski definition) is 6. The number of hydrogen-bond donors (Lipinski definition) is 6. The third-order valence-electron chi connectivity index (χ3n) is 0.352. The predicted molar refractivity (Wildman–Crippen MR) is 84.1 cm³/mol. The van der Waals surface area contributed by atoms with Crippen LogP contribution >= 0.6 is 0 Å². The lowest BCUT2D eigenvalue weighted by molar-refractivity contribution is -0.134. The van der Waals surface area contributed by atoms with Crippen molar-refractivity contribution >= 4 is 11.9 Å². The molecule has 0 radical (unpaired) electrons. The third-order valence-corrected chi connectivity index (χ3v) is 0.352. The van der Waals surface area contributed by atoms with Gasteiger partial charge in [-0.3, -0.25) is 21.3 Å². The Labute approximate surface area is 119 Å². The molecule has 0 spiro atoms. The van der Waals surface area contributed by atoms with Crippen LogP contribution in [-0.4, -0.2) is 31.1 Å². The highest BCUT2D eigenvalue weighted by molar-refractivity contribution is 5.72. The summed E-state index contributed by atoms with van der Waals surface area (Å²) in [6.45, 7) is 10.6. The summed E-state index contributed by atoms with van der Waals surface area (Å²) in [4.78, 5) is 18.7. The average molecular weight is 287 g/mol. The number of amides is 1. The predicted octanol–water partition coefficient (Wildman–Crippen LogP) is 0.430. The maximum absolute atomic E-state index is 9.70. The molecule has 19 heavy (non-hydrogen) atoms. The molecule has 0 fully saturated rings. The first-order valence-corrected chi connectivity index (χ1v) is 5.54. The summed E-state index contributed by atoms with van der Waals surface area (Å²) in [6, 6.07) is 0. The number of carbonyl (C=O) groups is 2. The van der Waals surface area contributed by atoms with Gasteiger partial charge in [-0.2, -0.15) is 5.53 Å².